The van der Waals surface area contributed by atoms with Crippen molar-refractivity contribution in [2.75, 3.05) is 6.61 Å². The van der Waals surface area contributed by atoms with Gasteiger partial charge in [0.1, 0.15) is 5.37 Å². The van der Waals surface area contributed by atoms with Crippen LogP contribution in [0.3, 0.4) is 0 Å². The molecule has 0 saturated heterocycles. The Hall–Kier alpha value is -1.71. The molecular formula is C13H12N2O2S2. The van der Waals surface area contributed by atoms with Gasteiger partial charge in [0.15, 0.2) is 0 Å². The number of thiophene rings is 1. The van der Waals surface area contributed by atoms with Gasteiger partial charge >= 0.3 is 5.97 Å². The minimum Gasteiger partial charge on any atom is -0.462 e. The highest BCUT2D eigenvalue weighted by Crippen LogP contribution is 2.28. The molecule has 1 unspecified atom stereocenters. The van der Waals surface area contributed by atoms with Gasteiger partial charge in [0.25, 0.3) is 0 Å². The fourth-order valence-electron chi connectivity index (χ4n) is 1.70. The van der Waals surface area contributed by atoms with Gasteiger partial charge in [-0.05, 0) is 24.4 Å². The summed E-state index contributed by atoms with van der Waals surface area (Å²) in [5.74, 6) is -0.492. The molecule has 1 atom stereocenters. The lowest BCUT2D eigenvalue weighted by molar-refractivity contribution is -0.138. The second-order valence-electron chi connectivity index (χ2n) is 3.74. The Morgan fingerprint density at radius 2 is 2.47 bits per heavy atom. The van der Waals surface area contributed by atoms with Gasteiger partial charge in [-0.15, -0.1) is 24.0 Å². The van der Waals surface area contributed by atoms with Crippen molar-refractivity contribution in [2.45, 2.75) is 12.3 Å². The van der Waals surface area contributed by atoms with Crippen LogP contribution < -0.4 is 5.32 Å². The van der Waals surface area contributed by atoms with Gasteiger partial charge in [-0.1, -0.05) is 6.07 Å². The molecule has 0 amide bonds. The molecule has 0 saturated carbocycles. The number of nitrogens with zero attached hydrogens (tertiary/aromatic N) is 1. The third kappa shape index (κ3) is 2.83. The van der Waals surface area contributed by atoms with Crippen LogP contribution in [0.25, 0.3) is 5.70 Å². The quantitative estimate of drug-likeness (QED) is 0.663. The molecule has 1 aliphatic rings. The summed E-state index contributed by atoms with van der Waals surface area (Å²) in [7, 11) is 0. The molecule has 2 heterocycles. The zero-order chi connectivity index (χ0) is 13.8. The van der Waals surface area contributed by atoms with E-state index in [2.05, 4.69) is 17.9 Å². The van der Waals surface area contributed by atoms with Crippen LogP contribution in [-0.4, -0.2) is 18.0 Å². The number of rotatable bonds is 3. The summed E-state index contributed by atoms with van der Waals surface area (Å²) in [6, 6.07) is 5.86. The molecule has 0 aliphatic carbocycles. The predicted octanol–water partition coefficient (Wildman–Crippen LogP) is 2.33. The van der Waals surface area contributed by atoms with Crippen LogP contribution in [0.15, 0.2) is 34.7 Å². The molecule has 1 aromatic heterocycles. The van der Waals surface area contributed by atoms with Gasteiger partial charge in [-0.25, -0.2) is 4.79 Å². The summed E-state index contributed by atoms with van der Waals surface area (Å²) in [6.07, 6.45) is 1.65. The molecule has 0 aromatic carbocycles. The zero-order valence-corrected chi connectivity index (χ0v) is 11.9. The Morgan fingerprint density at radius 3 is 3.05 bits per heavy atom. The average Bonchev–Trinajstić information content (AvgIpc) is 2.92. The van der Waals surface area contributed by atoms with E-state index in [1.807, 2.05) is 23.6 Å². The van der Waals surface area contributed by atoms with Crippen LogP contribution >= 0.6 is 24.0 Å². The van der Waals surface area contributed by atoms with Gasteiger partial charge in [-0.3, -0.25) is 0 Å². The number of thiol groups is 1. The minimum atomic E-state index is -0.508. The summed E-state index contributed by atoms with van der Waals surface area (Å²) in [5, 5.41) is 13.7. The summed E-state index contributed by atoms with van der Waals surface area (Å²) < 4.78 is 4.98. The monoisotopic (exact) mass is 292 g/mol. The first-order chi connectivity index (χ1) is 9.17. The maximum atomic E-state index is 11.9. The fourth-order valence-corrected chi connectivity index (χ4v) is 2.75. The van der Waals surface area contributed by atoms with E-state index in [1.165, 1.54) is 0 Å². The molecule has 4 nitrogen and oxygen atoms in total. The van der Waals surface area contributed by atoms with Crippen molar-refractivity contribution in [3.8, 4) is 6.07 Å². The van der Waals surface area contributed by atoms with E-state index in [0.29, 0.717) is 0 Å². The third-order valence-corrected chi connectivity index (χ3v) is 3.84. The number of hydrogen-bond acceptors (Lipinski definition) is 6. The van der Waals surface area contributed by atoms with E-state index < -0.39 is 11.3 Å². The van der Waals surface area contributed by atoms with Crippen LogP contribution in [0.2, 0.25) is 0 Å². The van der Waals surface area contributed by atoms with Crippen LogP contribution in [-0.2, 0) is 9.53 Å². The molecule has 19 heavy (non-hydrogen) atoms. The van der Waals surface area contributed by atoms with E-state index in [-0.39, 0.29) is 17.8 Å². The van der Waals surface area contributed by atoms with Crippen LogP contribution in [0.1, 0.15) is 11.8 Å². The number of carbonyl (C=O) groups is 1. The van der Waals surface area contributed by atoms with Crippen molar-refractivity contribution in [3.05, 3.63) is 39.6 Å². The molecule has 98 valence electrons. The second kappa shape index (κ2) is 5.95. The molecule has 0 radical (unpaired) electrons. The molecule has 1 aliphatic heterocycles. The lowest BCUT2D eigenvalue weighted by Gasteiger charge is -2.22. The molecule has 1 N–H and O–H groups in total. The van der Waals surface area contributed by atoms with E-state index in [4.69, 9.17) is 10.00 Å². The summed E-state index contributed by atoms with van der Waals surface area (Å²) in [6.45, 7) is 2.00. The molecule has 0 spiro atoms. The van der Waals surface area contributed by atoms with Gasteiger partial charge in [0.2, 0.25) is 0 Å². The molecular weight excluding hydrogens is 280 g/mol. The normalized spacial score (nSPS) is 18.4. The topological polar surface area (TPSA) is 62.1 Å². The number of nitrogens with one attached hydrogen (secondary N) is 1. The fraction of sp³-hybridized carbons (Fsp3) is 0.231. The van der Waals surface area contributed by atoms with Crippen molar-refractivity contribution >= 4 is 35.6 Å². The first-order valence-electron chi connectivity index (χ1n) is 5.69. The molecule has 0 fully saturated rings. The Kier molecular flexibility index (Phi) is 4.30. The van der Waals surface area contributed by atoms with Crippen LogP contribution in [0.4, 0.5) is 0 Å². The predicted molar refractivity (Wildman–Crippen MR) is 77.5 cm³/mol. The van der Waals surface area contributed by atoms with Gasteiger partial charge in [0.05, 0.1) is 34.4 Å². The van der Waals surface area contributed by atoms with E-state index in [1.54, 1.807) is 24.3 Å². The molecule has 0 bridgehead atoms. The highest BCUT2D eigenvalue weighted by atomic mass is 32.1. The number of dihydropyridines is 1. The van der Waals surface area contributed by atoms with Gasteiger partial charge in [0, 0.05) is 0 Å². The number of carbonyl (C=O) groups excluding carboxylic acids is 1. The Balaban J connectivity index is 2.44. The largest absolute Gasteiger partial charge is 0.462 e. The van der Waals surface area contributed by atoms with Crippen LogP contribution in [0, 0.1) is 11.3 Å². The molecule has 2 rings (SSSR count). The molecule has 1 aromatic rings. The average molecular weight is 292 g/mol. The Bertz CT molecular complexity index is 582. The van der Waals surface area contributed by atoms with Crippen molar-refractivity contribution in [2.24, 2.45) is 0 Å². The van der Waals surface area contributed by atoms with Crippen molar-refractivity contribution < 1.29 is 9.53 Å². The minimum absolute atomic E-state index is 0.270. The maximum Gasteiger partial charge on any atom is 0.339 e. The first-order valence-corrected chi connectivity index (χ1v) is 7.08. The van der Waals surface area contributed by atoms with E-state index in [9.17, 15) is 4.79 Å². The lowest BCUT2D eigenvalue weighted by Crippen LogP contribution is -2.30. The zero-order valence-electron chi connectivity index (χ0n) is 10.2. The second-order valence-corrected chi connectivity index (χ2v) is 5.21. The van der Waals surface area contributed by atoms with Gasteiger partial charge < -0.3 is 10.1 Å². The highest BCUT2D eigenvalue weighted by Gasteiger charge is 2.26. The number of ether oxygens (including phenoxy) is 1. The Labute approximate surface area is 120 Å². The standard InChI is InChI=1S/C13H12N2O2S2/c1-2-17-13(16)8-6-10(11-4-3-5-19-11)15-12(18)9(8)7-14/h3-6,12,15,18H,2H2,1H3. The van der Waals surface area contributed by atoms with Crippen LogP contribution in [0.5, 0.6) is 0 Å². The smallest absolute Gasteiger partial charge is 0.339 e. The first kappa shape index (κ1) is 13.7. The molecule has 6 heteroatoms. The van der Waals surface area contributed by atoms with Crippen molar-refractivity contribution in [3.63, 3.8) is 0 Å². The highest BCUT2D eigenvalue weighted by molar-refractivity contribution is 7.81. The number of hydrogen-bond donors (Lipinski definition) is 2. The summed E-state index contributed by atoms with van der Waals surface area (Å²) in [5.41, 5.74) is 1.32. The van der Waals surface area contributed by atoms with Crippen molar-refractivity contribution in [1.82, 2.24) is 5.32 Å². The number of esters is 1. The number of nitriles is 1. The van der Waals surface area contributed by atoms with E-state index in [0.717, 1.165) is 10.6 Å². The lowest BCUT2D eigenvalue weighted by atomic mass is 10.0. The van der Waals surface area contributed by atoms with E-state index >= 15 is 0 Å². The van der Waals surface area contributed by atoms with Crippen molar-refractivity contribution in [1.29, 1.82) is 5.26 Å². The Morgan fingerprint density at radius 1 is 1.68 bits per heavy atom. The summed E-state index contributed by atoms with van der Waals surface area (Å²) in [4.78, 5) is 12.9. The SMILES string of the molecule is CCOC(=O)C1=C(C#N)C(S)NC(c2cccs2)=C1. The maximum absolute atomic E-state index is 11.9. The van der Waals surface area contributed by atoms with Gasteiger partial charge in [-0.2, -0.15) is 5.26 Å². The third-order valence-electron chi connectivity index (χ3n) is 2.55. The summed E-state index contributed by atoms with van der Waals surface area (Å²) >= 11 is 5.86.